The van der Waals surface area contributed by atoms with Crippen LogP contribution < -0.4 is 5.32 Å². The molecule has 1 amide bonds. The quantitative estimate of drug-likeness (QED) is 0.389. The highest BCUT2D eigenvalue weighted by molar-refractivity contribution is 8.00. The monoisotopic (exact) mass is 389 g/mol. The molecule has 2 heterocycles. The molecule has 2 N–H and O–H groups in total. The van der Waals surface area contributed by atoms with Crippen LogP contribution in [0.1, 0.15) is 21.9 Å². The minimum Gasteiger partial charge on any atom is -0.341 e. The predicted octanol–water partition coefficient (Wildman–Crippen LogP) is 4.44. The number of hydrogen-bond donors (Lipinski definition) is 2. The predicted molar refractivity (Wildman–Crippen MR) is 111 cm³/mol. The normalized spacial score (nSPS) is 12.1. The lowest BCUT2D eigenvalue weighted by Gasteiger charge is -2.18. The summed E-state index contributed by atoms with van der Waals surface area (Å²) in [5.41, 5.74) is 5.23. The number of aryl methyl sites for hydroxylation is 1. The molecule has 0 aliphatic carbocycles. The van der Waals surface area contributed by atoms with Crippen molar-refractivity contribution < 1.29 is 4.79 Å². The van der Waals surface area contributed by atoms with Gasteiger partial charge in [0.25, 0.3) is 0 Å². The van der Waals surface area contributed by atoms with Gasteiger partial charge in [-0.05, 0) is 36.6 Å². The first-order chi connectivity index (χ1) is 13.6. The average molecular weight is 389 g/mol. The summed E-state index contributed by atoms with van der Waals surface area (Å²) in [6.45, 7) is 4.04. The van der Waals surface area contributed by atoms with Gasteiger partial charge in [0.05, 0.1) is 6.33 Å². The molecule has 1 atom stereocenters. The number of aromatic amines is 1. The third kappa shape index (κ3) is 3.61. The number of amides is 1. The molecule has 2 aromatic carbocycles. The van der Waals surface area contributed by atoms with E-state index in [2.05, 4.69) is 25.3 Å². The molecule has 0 bridgehead atoms. The number of anilines is 1. The molecule has 0 unspecified atom stereocenters. The topological polar surface area (TPSA) is 83.6 Å². The second kappa shape index (κ2) is 7.82. The van der Waals surface area contributed by atoms with Crippen molar-refractivity contribution in [3.63, 3.8) is 0 Å². The Bertz CT molecular complexity index is 1130. The van der Waals surface area contributed by atoms with Crippen LogP contribution in [-0.4, -0.2) is 25.8 Å². The summed E-state index contributed by atoms with van der Waals surface area (Å²) in [5, 5.41) is 3.30. The highest BCUT2D eigenvalue weighted by Crippen LogP contribution is 2.37. The molecule has 28 heavy (non-hydrogen) atoms. The molecule has 0 spiro atoms. The van der Waals surface area contributed by atoms with E-state index in [-0.39, 0.29) is 5.91 Å². The van der Waals surface area contributed by atoms with Crippen LogP contribution in [0.25, 0.3) is 11.2 Å². The van der Waals surface area contributed by atoms with E-state index in [0.717, 1.165) is 27.9 Å². The Morgan fingerprint density at radius 1 is 1.04 bits per heavy atom. The number of thioether (sulfide) groups is 1. The van der Waals surface area contributed by atoms with E-state index in [4.69, 9.17) is 0 Å². The number of fused-ring (bicyclic) bond motifs is 1. The zero-order chi connectivity index (χ0) is 19.5. The van der Waals surface area contributed by atoms with E-state index in [0.29, 0.717) is 10.7 Å². The fraction of sp³-hybridized carbons (Fsp3) is 0.143. The Labute approximate surface area is 166 Å². The molecule has 2 aromatic heterocycles. The largest absolute Gasteiger partial charge is 0.341 e. The van der Waals surface area contributed by atoms with E-state index in [1.807, 2.05) is 62.4 Å². The molecule has 0 radical (unpaired) electrons. The zero-order valence-electron chi connectivity index (χ0n) is 15.5. The zero-order valence-corrected chi connectivity index (χ0v) is 16.3. The first-order valence-electron chi connectivity index (χ1n) is 8.86. The first kappa shape index (κ1) is 18.2. The van der Waals surface area contributed by atoms with Crippen LogP contribution >= 0.6 is 11.8 Å². The Morgan fingerprint density at radius 3 is 2.68 bits per heavy atom. The number of rotatable bonds is 5. The van der Waals surface area contributed by atoms with Crippen LogP contribution in [0.5, 0.6) is 0 Å². The summed E-state index contributed by atoms with van der Waals surface area (Å²) in [4.78, 5) is 29.0. The van der Waals surface area contributed by atoms with Gasteiger partial charge in [0.2, 0.25) is 5.91 Å². The Balaban J connectivity index is 1.69. The molecule has 6 nitrogen and oxygen atoms in total. The minimum atomic E-state index is -0.470. The van der Waals surface area contributed by atoms with Gasteiger partial charge in [0.1, 0.15) is 22.1 Å². The molecular weight excluding hydrogens is 370 g/mol. The second-order valence-electron chi connectivity index (χ2n) is 6.43. The Kier molecular flexibility index (Phi) is 5.08. The van der Waals surface area contributed by atoms with Gasteiger partial charge in [-0.3, -0.25) is 4.79 Å². The summed E-state index contributed by atoms with van der Waals surface area (Å²) in [6, 6.07) is 15.6. The van der Waals surface area contributed by atoms with Crippen molar-refractivity contribution in [2.24, 2.45) is 0 Å². The molecule has 0 fully saturated rings. The fourth-order valence-corrected chi connectivity index (χ4v) is 3.99. The van der Waals surface area contributed by atoms with Crippen LogP contribution in [-0.2, 0) is 4.79 Å². The number of carbonyl (C=O) groups is 1. The van der Waals surface area contributed by atoms with Gasteiger partial charge < -0.3 is 10.3 Å². The van der Waals surface area contributed by atoms with Gasteiger partial charge >= 0.3 is 0 Å². The number of benzene rings is 2. The van der Waals surface area contributed by atoms with Gasteiger partial charge in [0.15, 0.2) is 5.65 Å². The summed E-state index contributed by atoms with van der Waals surface area (Å²) >= 11 is 1.38. The number of nitrogens with zero attached hydrogens (tertiary/aromatic N) is 3. The molecular formula is C21H19N5OS. The van der Waals surface area contributed by atoms with E-state index < -0.39 is 5.25 Å². The summed E-state index contributed by atoms with van der Waals surface area (Å²) < 4.78 is 0. The standard InChI is InChI=1S/C21H19N5OS/c1-13-7-6-10-16(14(13)2)26-20(27)18(15-8-4-3-5-9-15)28-21-17-19(23-11-22-17)24-12-25-21/h3-12,18H,1-2H3,(H,26,27)(H,22,23,24,25)/t18-/m1/s1. The molecule has 0 aliphatic rings. The van der Waals surface area contributed by atoms with Crippen molar-refractivity contribution in [1.82, 2.24) is 19.9 Å². The van der Waals surface area contributed by atoms with E-state index >= 15 is 0 Å². The first-order valence-corrected chi connectivity index (χ1v) is 9.74. The van der Waals surface area contributed by atoms with Crippen LogP contribution in [0.3, 0.4) is 0 Å². The van der Waals surface area contributed by atoms with Crippen molar-refractivity contribution in [3.8, 4) is 0 Å². The van der Waals surface area contributed by atoms with Gasteiger partial charge in [-0.2, -0.15) is 0 Å². The van der Waals surface area contributed by atoms with Crippen molar-refractivity contribution in [3.05, 3.63) is 77.9 Å². The molecule has 140 valence electrons. The summed E-state index contributed by atoms with van der Waals surface area (Å²) in [5.74, 6) is -0.101. The maximum absolute atomic E-state index is 13.3. The maximum atomic E-state index is 13.3. The Morgan fingerprint density at radius 2 is 1.86 bits per heavy atom. The second-order valence-corrected chi connectivity index (χ2v) is 7.52. The Hall–Kier alpha value is -3.19. The van der Waals surface area contributed by atoms with E-state index in [1.54, 1.807) is 6.33 Å². The van der Waals surface area contributed by atoms with Crippen molar-refractivity contribution in [1.29, 1.82) is 0 Å². The number of aromatic nitrogens is 4. The van der Waals surface area contributed by atoms with Crippen LogP contribution in [0.4, 0.5) is 5.69 Å². The summed E-state index contributed by atoms with van der Waals surface area (Å²) in [6.07, 6.45) is 3.05. The third-order valence-corrected chi connectivity index (χ3v) is 5.88. The van der Waals surface area contributed by atoms with Gasteiger partial charge in [0, 0.05) is 5.69 Å². The maximum Gasteiger partial charge on any atom is 0.242 e. The third-order valence-electron chi connectivity index (χ3n) is 4.62. The van der Waals surface area contributed by atoms with E-state index in [1.165, 1.54) is 18.1 Å². The lowest BCUT2D eigenvalue weighted by atomic mass is 10.1. The average Bonchev–Trinajstić information content (AvgIpc) is 3.20. The van der Waals surface area contributed by atoms with E-state index in [9.17, 15) is 4.79 Å². The van der Waals surface area contributed by atoms with Crippen LogP contribution in [0.2, 0.25) is 0 Å². The van der Waals surface area contributed by atoms with Crippen LogP contribution in [0, 0.1) is 13.8 Å². The van der Waals surface area contributed by atoms with Crippen molar-refractivity contribution in [2.75, 3.05) is 5.32 Å². The number of carbonyl (C=O) groups excluding carboxylic acids is 1. The molecule has 0 aliphatic heterocycles. The van der Waals surface area contributed by atoms with Crippen molar-refractivity contribution in [2.45, 2.75) is 24.1 Å². The smallest absolute Gasteiger partial charge is 0.242 e. The molecule has 4 aromatic rings. The highest BCUT2D eigenvalue weighted by Gasteiger charge is 2.24. The minimum absolute atomic E-state index is 0.101. The lowest BCUT2D eigenvalue weighted by Crippen LogP contribution is -2.20. The molecule has 0 saturated heterocycles. The summed E-state index contributed by atoms with van der Waals surface area (Å²) in [7, 11) is 0. The van der Waals surface area contributed by atoms with Gasteiger partial charge in [-0.1, -0.05) is 54.2 Å². The molecule has 7 heteroatoms. The van der Waals surface area contributed by atoms with Crippen molar-refractivity contribution >= 4 is 34.5 Å². The fourth-order valence-electron chi connectivity index (χ4n) is 2.93. The number of imidazole rings is 1. The number of H-pyrrole nitrogens is 1. The van der Waals surface area contributed by atoms with Gasteiger partial charge in [-0.25, -0.2) is 15.0 Å². The molecule has 0 saturated carbocycles. The SMILES string of the molecule is Cc1cccc(NC(=O)[C@H](Sc2ncnc3nc[nH]c23)c2ccccc2)c1C. The highest BCUT2D eigenvalue weighted by atomic mass is 32.2. The molecule has 4 rings (SSSR count). The lowest BCUT2D eigenvalue weighted by molar-refractivity contribution is -0.115. The van der Waals surface area contributed by atoms with Crippen LogP contribution in [0.15, 0.2) is 66.2 Å². The number of hydrogen-bond acceptors (Lipinski definition) is 5. The van der Waals surface area contributed by atoms with Gasteiger partial charge in [-0.15, -0.1) is 0 Å². The number of nitrogens with one attached hydrogen (secondary N) is 2.